The second-order valence-electron chi connectivity index (χ2n) is 6.25. The topological polar surface area (TPSA) is 46.9 Å². The molecule has 1 fully saturated rings. The van der Waals surface area contributed by atoms with Gasteiger partial charge in [0.2, 0.25) is 5.91 Å². The van der Waals surface area contributed by atoms with Crippen LogP contribution in [-0.2, 0) is 4.79 Å². The summed E-state index contributed by atoms with van der Waals surface area (Å²) in [6.07, 6.45) is 4.69. The minimum absolute atomic E-state index is 0.0400. The monoisotopic (exact) mass is 397 g/mol. The van der Waals surface area contributed by atoms with E-state index in [-0.39, 0.29) is 17.8 Å². The third kappa shape index (κ3) is 4.89. The zero-order chi connectivity index (χ0) is 17.8. The Kier molecular flexibility index (Phi) is 6.24. The zero-order valence-electron chi connectivity index (χ0n) is 13.9. The van der Waals surface area contributed by atoms with E-state index < -0.39 is 0 Å². The van der Waals surface area contributed by atoms with Gasteiger partial charge >= 0.3 is 0 Å². The molecular formula is C17H20FN3OS3. The average molecular weight is 398 g/mol. The quantitative estimate of drug-likeness (QED) is 0.592. The molecule has 0 bridgehead atoms. The number of hydrogen-bond acceptors (Lipinski definition) is 5. The van der Waals surface area contributed by atoms with Gasteiger partial charge in [0.1, 0.15) is 5.82 Å². The molecule has 0 aliphatic heterocycles. The summed E-state index contributed by atoms with van der Waals surface area (Å²) in [5.74, 6) is 0.615. The summed E-state index contributed by atoms with van der Waals surface area (Å²) in [5, 5.41) is 7.58. The third-order valence-electron chi connectivity index (χ3n) is 4.39. The first-order valence-corrected chi connectivity index (χ1v) is 10.5. The maximum Gasteiger partial charge on any atom is 0.230 e. The van der Waals surface area contributed by atoms with Crippen LogP contribution in [0.5, 0.6) is 0 Å². The number of rotatable bonds is 5. The van der Waals surface area contributed by atoms with Gasteiger partial charge in [-0.15, -0.1) is 5.10 Å². The molecule has 1 aromatic heterocycles. The Morgan fingerprint density at radius 2 is 2.12 bits per heavy atom. The van der Waals surface area contributed by atoms with E-state index in [1.807, 2.05) is 0 Å². The molecule has 1 saturated carbocycles. The van der Waals surface area contributed by atoms with E-state index >= 15 is 0 Å². The van der Waals surface area contributed by atoms with Crippen LogP contribution in [0.2, 0.25) is 0 Å². The van der Waals surface area contributed by atoms with E-state index in [0.717, 1.165) is 16.4 Å². The molecule has 1 N–H and O–H groups in total. The molecule has 1 aliphatic carbocycles. The van der Waals surface area contributed by atoms with Crippen LogP contribution in [0.4, 0.5) is 4.39 Å². The largest absolute Gasteiger partial charge is 0.352 e. The highest BCUT2D eigenvalue weighted by atomic mass is 32.2. The lowest BCUT2D eigenvalue weighted by Gasteiger charge is -2.29. The molecule has 8 heteroatoms. The van der Waals surface area contributed by atoms with Crippen molar-refractivity contribution in [2.24, 2.45) is 5.92 Å². The van der Waals surface area contributed by atoms with Gasteiger partial charge in [0, 0.05) is 6.04 Å². The number of thioether (sulfide) groups is 1. The van der Waals surface area contributed by atoms with Crippen molar-refractivity contribution < 1.29 is 9.18 Å². The lowest BCUT2D eigenvalue weighted by Crippen LogP contribution is -2.41. The van der Waals surface area contributed by atoms with Crippen molar-refractivity contribution in [2.75, 3.05) is 5.75 Å². The normalized spacial score (nSPS) is 20.4. The third-order valence-corrected chi connectivity index (χ3v) is 6.75. The molecule has 0 radical (unpaired) electrons. The predicted octanol–water partition coefficient (Wildman–Crippen LogP) is 4.59. The molecule has 134 valence electrons. The van der Waals surface area contributed by atoms with Crippen molar-refractivity contribution in [3.05, 3.63) is 34.0 Å². The van der Waals surface area contributed by atoms with Crippen LogP contribution in [0.25, 0.3) is 5.69 Å². The highest BCUT2D eigenvalue weighted by Gasteiger charge is 2.22. The minimum Gasteiger partial charge on any atom is -0.352 e. The molecule has 0 saturated heterocycles. The Balaban J connectivity index is 1.58. The van der Waals surface area contributed by atoms with Crippen molar-refractivity contribution >= 4 is 41.2 Å². The molecule has 1 aromatic carbocycles. The molecule has 4 nitrogen and oxygen atoms in total. The van der Waals surface area contributed by atoms with E-state index in [0.29, 0.717) is 15.6 Å². The number of halogens is 1. The van der Waals surface area contributed by atoms with Gasteiger partial charge in [-0.3, -0.25) is 4.79 Å². The Bertz CT molecular complexity index is 787. The van der Waals surface area contributed by atoms with Crippen molar-refractivity contribution in [3.63, 3.8) is 0 Å². The van der Waals surface area contributed by atoms with Crippen LogP contribution >= 0.6 is 35.3 Å². The van der Waals surface area contributed by atoms with Gasteiger partial charge < -0.3 is 5.32 Å². The van der Waals surface area contributed by atoms with Crippen molar-refractivity contribution in [1.82, 2.24) is 15.1 Å². The highest BCUT2D eigenvalue weighted by molar-refractivity contribution is 8.01. The van der Waals surface area contributed by atoms with Crippen molar-refractivity contribution in [3.8, 4) is 5.69 Å². The molecule has 3 rings (SSSR count). The molecule has 1 amide bonds. The molecule has 2 atom stereocenters. The van der Waals surface area contributed by atoms with Crippen molar-refractivity contribution in [2.45, 2.75) is 43.0 Å². The summed E-state index contributed by atoms with van der Waals surface area (Å²) in [6.45, 7) is 2.20. The van der Waals surface area contributed by atoms with Crippen LogP contribution in [0.15, 0.2) is 28.6 Å². The van der Waals surface area contributed by atoms with Crippen LogP contribution in [0.3, 0.4) is 0 Å². The van der Waals surface area contributed by atoms with Crippen LogP contribution in [0, 0.1) is 15.7 Å². The molecular weight excluding hydrogens is 377 g/mol. The lowest BCUT2D eigenvalue weighted by molar-refractivity contribution is -0.119. The van der Waals surface area contributed by atoms with Gasteiger partial charge in [0.25, 0.3) is 0 Å². The van der Waals surface area contributed by atoms with Crippen LogP contribution in [0.1, 0.15) is 32.6 Å². The first kappa shape index (κ1) is 18.5. The number of nitrogens with one attached hydrogen (secondary N) is 1. The fourth-order valence-corrected chi connectivity index (χ4v) is 5.14. The Morgan fingerprint density at radius 3 is 2.84 bits per heavy atom. The maximum absolute atomic E-state index is 13.0. The fourth-order valence-electron chi connectivity index (χ4n) is 2.97. The standard InChI is InChI=1S/C17H20FN3OS3/c1-11-4-2-3-5-14(11)19-15(22)10-24-16-20-21(17(23)25-16)13-8-6-12(18)7-9-13/h6-9,11,14H,2-5,10H2,1H3,(H,19,22)/t11-,14-/m1/s1. The average Bonchev–Trinajstić information content (AvgIpc) is 2.97. The Labute approximate surface area is 159 Å². The van der Waals surface area contributed by atoms with E-state index in [1.54, 1.807) is 16.8 Å². The van der Waals surface area contributed by atoms with E-state index in [1.165, 1.54) is 54.5 Å². The summed E-state index contributed by atoms with van der Waals surface area (Å²) in [5.41, 5.74) is 0.718. The first-order valence-electron chi connectivity index (χ1n) is 8.31. The van der Waals surface area contributed by atoms with Gasteiger partial charge in [-0.05, 0) is 55.2 Å². The molecule has 25 heavy (non-hydrogen) atoms. The van der Waals surface area contributed by atoms with Gasteiger partial charge in [0.05, 0.1) is 11.4 Å². The number of nitrogens with zero attached hydrogens (tertiary/aromatic N) is 2. The highest BCUT2D eigenvalue weighted by Crippen LogP contribution is 2.26. The first-order chi connectivity index (χ1) is 12.0. The number of carbonyl (C=O) groups is 1. The predicted molar refractivity (Wildman–Crippen MR) is 103 cm³/mol. The molecule has 0 unspecified atom stereocenters. The molecule has 0 spiro atoms. The summed E-state index contributed by atoms with van der Waals surface area (Å²) >= 11 is 8.07. The summed E-state index contributed by atoms with van der Waals surface area (Å²) in [4.78, 5) is 12.2. The Morgan fingerprint density at radius 1 is 1.40 bits per heavy atom. The number of amides is 1. The van der Waals surface area contributed by atoms with Gasteiger partial charge in [-0.1, -0.05) is 42.9 Å². The number of hydrogen-bond donors (Lipinski definition) is 1. The summed E-state index contributed by atoms with van der Waals surface area (Å²) < 4.78 is 16.0. The van der Waals surface area contributed by atoms with Gasteiger partial charge in [0.15, 0.2) is 8.29 Å². The minimum atomic E-state index is -0.297. The summed E-state index contributed by atoms with van der Waals surface area (Å²) in [7, 11) is 0. The lowest BCUT2D eigenvalue weighted by atomic mass is 9.86. The zero-order valence-corrected chi connectivity index (χ0v) is 16.4. The van der Waals surface area contributed by atoms with E-state index in [2.05, 4.69) is 17.3 Å². The van der Waals surface area contributed by atoms with Gasteiger partial charge in [-0.2, -0.15) is 0 Å². The second kappa shape index (κ2) is 8.42. The number of carbonyl (C=O) groups excluding carboxylic acids is 1. The van der Waals surface area contributed by atoms with E-state index in [9.17, 15) is 9.18 Å². The Hall–Kier alpha value is -1.25. The van der Waals surface area contributed by atoms with E-state index in [4.69, 9.17) is 12.2 Å². The van der Waals surface area contributed by atoms with Crippen LogP contribution < -0.4 is 5.32 Å². The van der Waals surface area contributed by atoms with Gasteiger partial charge in [-0.25, -0.2) is 9.07 Å². The second-order valence-corrected chi connectivity index (χ2v) is 9.09. The fraction of sp³-hybridized carbons (Fsp3) is 0.471. The maximum atomic E-state index is 13.0. The molecule has 2 aromatic rings. The van der Waals surface area contributed by atoms with Crippen LogP contribution in [-0.4, -0.2) is 27.5 Å². The molecule has 1 heterocycles. The number of benzene rings is 1. The molecule has 1 aliphatic rings. The number of aromatic nitrogens is 2. The summed E-state index contributed by atoms with van der Waals surface area (Å²) in [6, 6.07) is 6.31. The SMILES string of the molecule is C[C@@H]1CCCC[C@H]1NC(=O)CSc1nn(-c2ccc(F)cc2)c(=S)s1. The van der Waals surface area contributed by atoms with Crippen molar-refractivity contribution in [1.29, 1.82) is 0 Å². The smallest absolute Gasteiger partial charge is 0.230 e.